The molecule has 0 aliphatic carbocycles. The Morgan fingerprint density at radius 1 is 1.50 bits per heavy atom. The minimum absolute atomic E-state index is 0.000803. The van der Waals surface area contributed by atoms with Crippen LogP contribution in [0.15, 0.2) is 16.3 Å². The fourth-order valence-electron chi connectivity index (χ4n) is 2.13. The number of thiophene rings is 1. The third kappa shape index (κ3) is 2.61. The van der Waals surface area contributed by atoms with Crippen LogP contribution in [0.3, 0.4) is 0 Å². The van der Waals surface area contributed by atoms with Gasteiger partial charge in [0, 0.05) is 18.0 Å². The van der Waals surface area contributed by atoms with Gasteiger partial charge >= 0.3 is 0 Å². The van der Waals surface area contributed by atoms with Crippen LogP contribution in [0, 0.1) is 5.92 Å². The number of piperidine rings is 1. The summed E-state index contributed by atoms with van der Waals surface area (Å²) < 4.78 is 26.8. The van der Waals surface area contributed by atoms with Crippen molar-refractivity contribution in [3.8, 4) is 0 Å². The molecule has 0 spiro atoms. The molecule has 1 aromatic rings. The van der Waals surface area contributed by atoms with Crippen molar-refractivity contribution >= 4 is 21.4 Å². The summed E-state index contributed by atoms with van der Waals surface area (Å²) >= 11 is 1.34. The van der Waals surface area contributed by atoms with Gasteiger partial charge in [-0.1, -0.05) is 13.8 Å². The zero-order chi connectivity index (χ0) is 13.3. The Bertz CT molecular complexity index is 509. The fraction of sp³-hybridized carbons (Fsp3) is 0.667. The molecule has 1 saturated heterocycles. The summed E-state index contributed by atoms with van der Waals surface area (Å²) in [7, 11) is -3.37. The summed E-state index contributed by atoms with van der Waals surface area (Å²) in [6.07, 6.45) is 0.993. The Morgan fingerprint density at radius 3 is 2.78 bits per heavy atom. The van der Waals surface area contributed by atoms with Crippen LogP contribution in [0.25, 0.3) is 0 Å². The number of nitrogens with zero attached hydrogens (tertiary/aromatic N) is 1. The van der Waals surface area contributed by atoms with Gasteiger partial charge in [0.15, 0.2) is 0 Å². The minimum atomic E-state index is -3.37. The molecule has 4 nitrogen and oxygen atoms in total. The second-order valence-corrected chi connectivity index (χ2v) is 8.10. The van der Waals surface area contributed by atoms with Crippen molar-refractivity contribution in [2.45, 2.75) is 37.0 Å². The van der Waals surface area contributed by atoms with E-state index in [0.29, 0.717) is 23.7 Å². The molecule has 102 valence electrons. The predicted molar refractivity (Wildman–Crippen MR) is 72.2 cm³/mol. The molecule has 0 amide bonds. The van der Waals surface area contributed by atoms with Crippen LogP contribution in [-0.4, -0.2) is 37.0 Å². The molecule has 2 unspecified atom stereocenters. The molecule has 1 aliphatic heterocycles. The molecule has 6 heteroatoms. The van der Waals surface area contributed by atoms with Gasteiger partial charge in [-0.25, -0.2) is 8.42 Å². The molecule has 2 rings (SSSR count). The SMILES string of the molecule is CCc1ccc(S(=O)(=O)N2CCC(O)C(C)C2)s1. The first-order chi connectivity index (χ1) is 8.45. The average molecular weight is 289 g/mol. The van der Waals surface area contributed by atoms with Crippen LogP contribution in [0.4, 0.5) is 0 Å². The molecule has 0 saturated carbocycles. The lowest BCUT2D eigenvalue weighted by Crippen LogP contribution is -2.44. The highest BCUT2D eigenvalue weighted by Gasteiger charge is 2.33. The van der Waals surface area contributed by atoms with Crippen LogP contribution in [0.1, 0.15) is 25.1 Å². The Morgan fingerprint density at radius 2 is 2.22 bits per heavy atom. The van der Waals surface area contributed by atoms with E-state index in [1.165, 1.54) is 15.6 Å². The lowest BCUT2D eigenvalue weighted by atomic mass is 9.99. The normalized spacial score (nSPS) is 26.4. The summed E-state index contributed by atoms with van der Waals surface area (Å²) in [5, 5.41) is 9.66. The highest BCUT2D eigenvalue weighted by atomic mass is 32.2. The maximum Gasteiger partial charge on any atom is 0.252 e. The molecule has 2 heterocycles. The van der Waals surface area contributed by atoms with Gasteiger partial charge in [0.05, 0.1) is 6.10 Å². The zero-order valence-corrected chi connectivity index (χ0v) is 12.3. The third-order valence-corrected chi connectivity index (χ3v) is 6.96. The van der Waals surface area contributed by atoms with E-state index in [2.05, 4.69) is 0 Å². The van der Waals surface area contributed by atoms with Gasteiger partial charge in [0.25, 0.3) is 10.0 Å². The van der Waals surface area contributed by atoms with E-state index in [1.54, 1.807) is 6.07 Å². The molecule has 1 N–H and O–H groups in total. The molecular weight excluding hydrogens is 270 g/mol. The standard InChI is InChI=1S/C12H19NO3S2/c1-3-10-4-5-12(17-10)18(15,16)13-7-6-11(14)9(2)8-13/h4-5,9,11,14H,3,6-8H2,1-2H3. The monoisotopic (exact) mass is 289 g/mol. The number of aliphatic hydroxyl groups excluding tert-OH is 1. The van der Waals surface area contributed by atoms with Gasteiger partial charge in [0.2, 0.25) is 0 Å². The van der Waals surface area contributed by atoms with Crippen molar-refractivity contribution in [2.24, 2.45) is 5.92 Å². The van der Waals surface area contributed by atoms with Gasteiger partial charge in [-0.2, -0.15) is 4.31 Å². The Balaban J connectivity index is 2.21. The highest BCUT2D eigenvalue weighted by molar-refractivity contribution is 7.91. The maximum atomic E-state index is 12.4. The van der Waals surface area contributed by atoms with Gasteiger partial charge in [-0.15, -0.1) is 11.3 Å². The van der Waals surface area contributed by atoms with E-state index in [4.69, 9.17) is 0 Å². The summed E-state index contributed by atoms with van der Waals surface area (Å²) in [6.45, 7) is 4.72. The zero-order valence-electron chi connectivity index (χ0n) is 10.7. The van der Waals surface area contributed by atoms with Crippen LogP contribution in [-0.2, 0) is 16.4 Å². The van der Waals surface area contributed by atoms with Crippen LogP contribution in [0.5, 0.6) is 0 Å². The largest absolute Gasteiger partial charge is 0.393 e. The number of aryl methyl sites for hydroxylation is 1. The molecule has 0 bridgehead atoms. The van der Waals surface area contributed by atoms with Crippen molar-refractivity contribution in [1.82, 2.24) is 4.31 Å². The molecule has 0 radical (unpaired) electrons. The number of aliphatic hydroxyl groups is 1. The smallest absolute Gasteiger partial charge is 0.252 e. The lowest BCUT2D eigenvalue weighted by molar-refractivity contribution is 0.0629. The van der Waals surface area contributed by atoms with Crippen molar-refractivity contribution in [1.29, 1.82) is 0 Å². The molecule has 2 atom stereocenters. The third-order valence-electron chi connectivity index (χ3n) is 3.40. The van der Waals surface area contributed by atoms with Crippen molar-refractivity contribution in [2.75, 3.05) is 13.1 Å². The van der Waals surface area contributed by atoms with Crippen LogP contribution in [0.2, 0.25) is 0 Å². The second-order valence-electron chi connectivity index (χ2n) is 4.77. The first-order valence-corrected chi connectivity index (χ1v) is 8.47. The van der Waals surface area contributed by atoms with E-state index < -0.39 is 10.0 Å². The topological polar surface area (TPSA) is 57.6 Å². The Labute approximate surface area is 112 Å². The van der Waals surface area contributed by atoms with Crippen LogP contribution >= 0.6 is 11.3 Å². The van der Waals surface area contributed by atoms with Crippen molar-refractivity contribution in [3.63, 3.8) is 0 Å². The Kier molecular flexibility index (Phi) is 4.11. The predicted octanol–water partition coefficient (Wildman–Crippen LogP) is 1.70. The van der Waals surface area contributed by atoms with Crippen LogP contribution < -0.4 is 0 Å². The maximum absolute atomic E-state index is 12.4. The van der Waals surface area contributed by atoms with Crippen molar-refractivity contribution in [3.05, 3.63) is 17.0 Å². The molecule has 18 heavy (non-hydrogen) atoms. The molecular formula is C12H19NO3S2. The number of sulfonamides is 1. The summed E-state index contributed by atoms with van der Waals surface area (Å²) in [4.78, 5) is 1.08. The first kappa shape index (κ1) is 14.0. The molecule has 1 aliphatic rings. The Hall–Kier alpha value is -0.430. The lowest BCUT2D eigenvalue weighted by Gasteiger charge is -2.33. The molecule has 0 aromatic carbocycles. The molecule has 1 aromatic heterocycles. The van der Waals surface area contributed by atoms with Gasteiger partial charge < -0.3 is 5.11 Å². The fourth-order valence-corrected chi connectivity index (χ4v) is 5.13. The van der Waals surface area contributed by atoms with Gasteiger partial charge in [0.1, 0.15) is 4.21 Å². The van der Waals surface area contributed by atoms with Gasteiger partial charge in [-0.3, -0.25) is 0 Å². The van der Waals surface area contributed by atoms with Crippen molar-refractivity contribution < 1.29 is 13.5 Å². The average Bonchev–Trinajstić information content (AvgIpc) is 2.81. The summed E-state index contributed by atoms with van der Waals surface area (Å²) in [5.74, 6) is -0.000803. The summed E-state index contributed by atoms with van der Waals surface area (Å²) in [6, 6.07) is 3.56. The van der Waals surface area contributed by atoms with E-state index >= 15 is 0 Å². The number of hydrogen-bond donors (Lipinski definition) is 1. The van der Waals surface area contributed by atoms with Gasteiger partial charge in [-0.05, 0) is 30.9 Å². The molecule has 1 fully saturated rings. The quantitative estimate of drug-likeness (QED) is 0.921. The minimum Gasteiger partial charge on any atom is -0.393 e. The number of rotatable bonds is 3. The summed E-state index contributed by atoms with van der Waals surface area (Å²) in [5.41, 5.74) is 0. The van der Waals surface area contributed by atoms with E-state index in [9.17, 15) is 13.5 Å². The first-order valence-electron chi connectivity index (χ1n) is 6.22. The highest BCUT2D eigenvalue weighted by Crippen LogP contribution is 2.28. The van der Waals surface area contributed by atoms with E-state index in [1.807, 2.05) is 19.9 Å². The van der Waals surface area contributed by atoms with E-state index in [-0.39, 0.29) is 12.0 Å². The van der Waals surface area contributed by atoms with E-state index in [0.717, 1.165) is 11.3 Å². The number of hydrogen-bond acceptors (Lipinski definition) is 4. The second kappa shape index (κ2) is 5.28.